The summed E-state index contributed by atoms with van der Waals surface area (Å²) in [7, 11) is 0. The first kappa shape index (κ1) is 16.0. The van der Waals surface area contributed by atoms with E-state index in [1.807, 2.05) is 18.2 Å². The van der Waals surface area contributed by atoms with E-state index in [9.17, 15) is 4.79 Å². The molecule has 4 nitrogen and oxygen atoms in total. The molecule has 0 radical (unpaired) electrons. The summed E-state index contributed by atoms with van der Waals surface area (Å²) in [6.07, 6.45) is 1.71. The first-order chi connectivity index (χ1) is 10.5. The predicted octanol–water partition coefficient (Wildman–Crippen LogP) is 3.52. The Morgan fingerprint density at radius 3 is 2.59 bits per heavy atom. The molecule has 0 saturated carbocycles. The molecule has 116 valence electrons. The average molecular weight is 297 g/mol. The number of carbonyl (C=O) groups is 1. The fraction of sp³-hybridized carbons (Fsp3) is 0.333. The lowest BCUT2D eigenvalue weighted by Gasteiger charge is -2.11. The third-order valence-corrected chi connectivity index (χ3v) is 3.57. The number of aryl methyl sites for hydroxylation is 1. The number of benzene rings is 1. The van der Waals surface area contributed by atoms with E-state index < -0.39 is 0 Å². The van der Waals surface area contributed by atoms with E-state index in [4.69, 9.17) is 0 Å². The molecule has 4 heteroatoms. The van der Waals surface area contributed by atoms with Crippen LogP contribution in [0.5, 0.6) is 0 Å². The first-order valence-electron chi connectivity index (χ1n) is 7.54. The molecule has 1 heterocycles. The standard InChI is InChI=1S/C18H23N3O/c1-13(2)12-21-14(3)10-17(15(21)4)11-19-20-18(22)16-8-6-5-7-9-16/h5-11,13H,12H2,1-4H3,(H,20,22). The predicted molar refractivity (Wildman–Crippen MR) is 90.2 cm³/mol. The third-order valence-electron chi connectivity index (χ3n) is 3.57. The van der Waals surface area contributed by atoms with Gasteiger partial charge in [-0.2, -0.15) is 5.10 Å². The molecule has 0 aliphatic heterocycles. The molecule has 0 aliphatic carbocycles. The van der Waals surface area contributed by atoms with Gasteiger partial charge in [-0.25, -0.2) is 5.43 Å². The van der Waals surface area contributed by atoms with Crippen LogP contribution < -0.4 is 5.43 Å². The third kappa shape index (κ3) is 3.85. The van der Waals surface area contributed by atoms with Crippen LogP contribution in [0.1, 0.15) is 41.2 Å². The number of carbonyl (C=O) groups excluding carboxylic acids is 1. The molecular formula is C18H23N3O. The highest BCUT2D eigenvalue weighted by molar-refractivity contribution is 5.94. The van der Waals surface area contributed by atoms with Crippen molar-refractivity contribution in [3.63, 3.8) is 0 Å². The Morgan fingerprint density at radius 1 is 1.27 bits per heavy atom. The van der Waals surface area contributed by atoms with Gasteiger partial charge in [0.2, 0.25) is 0 Å². The van der Waals surface area contributed by atoms with Crippen LogP contribution in [0, 0.1) is 19.8 Å². The molecule has 2 aromatic rings. The van der Waals surface area contributed by atoms with Crippen molar-refractivity contribution in [2.24, 2.45) is 11.0 Å². The molecule has 1 N–H and O–H groups in total. The van der Waals surface area contributed by atoms with Crippen molar-refractivity contribution in [3.8, 4) is 0 Å². The second kappa shape index (κ2) is 7.07. The van der Waals surface area contributed by atoms with E-state index in [1.54, 1.807) is 18.3 Å². The zero-order valence-electron chi connectivity index (χ0n) is 13.6. The van der Waals surface area contributed by atoms with Gasteiger partial charge in [-0.15, -0.1) is 0 Å². The Morgan fingerprint density at radius 2 is 1.95 bits per heavy atom. The van der Waals surface area contributed by atoms with Gasteiger partial charge in [0.15, 0.2) is 0 Å². The van der Waals surface area contributed by atoms with Gasteiger partial charge in [0.25, 0.3) is 5.91 Å². The minimum absolute atomic E-state index is 0.201. The van der Waals surface area contributed by atoms with E-state index in [-0.39, 0.29) is 5.91 Å². The van der Waals surface area contributed by atoms with Gasteiger partial charge in [-0.3, -0.25) is 4.79 Å². The minimum atomic E-state index is -0.201. The number of amides is 1. The lowest BCUT2D eigenvalue weighted by Crippen LogP contribution is -2.17. The fourth-order valence-corrected chi connectivity index (χ4v) is 2.42. The molecule has 22 heavy (non-hydrogen) atoms. The zero-order valence-corrected chi connectivity index (χ0v) is 13.6. The van der Waals surface area contributed by atoms with Crippen molar-refractivity contribution in [2.45, 2.75) is 34.2 Å². The molecule has 0 unspecified atom stereocenters. The van der Waals surface area contributed by atoms with Gasteiger partial charge in [-0.1, -0.05) is 32.0 Å². The summed E-state index contributed by atoms with van der Waals surface area (Å²) < 4.78 is 2.28. The molecule has 0 fully saturated rings. The monoisotopic (exact) mass is 297 g/mol. The van der Waals surface area contributed by atoms with Gasteiger partial charge in [0.1, 0.15) is 0 Å². The van der Waals surface area contributed by atoms with Crippen LogP contribution in [0.2, 0.25) is 0 Å². The smallest absolute Gasteiger partial charge is 0.271 e. The molecule has 0 aliphatic rings. The van der Waals surface area contributed by atoms with Gasteiger partial charge in [0, 0.05) is 29.1 Å². The van der Waals surface area contributed by atoms with E-state index in [1.165, 1.54) is 11.4 Å². The molecule has 0 spiro atoms. The lowest BCUT2D eigenvalue weighted by atomic mass is 10.2. The summed E-state index contributed by atoms with van der Waals surface area (Å²) in [4.78, 5) is 11.9. The van der Waals surface area contributed by atoms with E-state index in [2.05, 4.69) is 48.9 Å². The van der Waals surface area contributed by atoms with Crippen LogP contribution in [-0.4, -0.2) is 16.7 Å². The van der Waals surface area contributed by atoms with Crippen molar-refractivity contribution >= 4 is 12.1 Å². The molecule has 0 atom stereocenters. The van der Waals surface area contributed by atoms with E-state index >= 15 is 0 Å². The molecule has 0 saturated heterocycles. The molecule has 1 aromatic carbocycles. The molecule has 1 amide bonds. The van der Waals surface area contributed by atoms with Crippen LogP contribution in [-0.2, 0) is 6.54 Å². The summed E-state index contributed by atoms with van der Waals surface area (Å²) in [6.45, 7) is 9.56. The number of aromatic nitrogens is 1. The number of hydrogen-bond acceptors (Lipinski definition) is 2. The second-order valence-electron chi connectivity index (χ2n) is 5.90. The highest BCUT2D eigenvalue weighted by Gasteiger charge is 2.09. The van der Waals surface area contributed by atoms with Gasteiger partial charge < -0.3 is 4.57 Å². The highest BCUT2D eigenvalue weighted by atomic mass is 16.2. The summed E-state index contributed by atoms with van der Waals surface area (Å²) in [6, 6.07) is 11.2. The Labute approximate surface area is 131 Å². The average Bonchev–Trinajstić information content (AvgIpc) is 2.75. The summed E-state index contributed by atoms with van der Waals surface area (Å²) in [5, 5.41) is 4.07. The van der Waals surface area contributed by atoms with Crippen molar-refractivity contribution in [2.75, 3.05) is 0 Å². The maximum absolute atomic E-state index is 11.9. The normalized spacial score (nSPS) is 11.3. The van der Waals surface area contributed by atoms with Crippen molar-refractivity contribution in [1.29, 1.82) is 0 Å². The van der Waals surface area contributed by atoms with Gasteiger partial charge in [-0.05, 0) is 38.0 Å². The van der Waals surface area contributed by atoms with Crippen molar-refractivity contribution < 1.29 is 4.79 Å². The van der Waals surface area contributed by atoms with Gasteiger partial charge in [0.05, 0.1) is 6.21 Å². The quantitative estimate of drug-likeness (QED) is 0.666. The van der Waals surface area contributed by atoms with Crippen molar-refractivity contribution in [1.82, 2.24) is 9.99 Å². The summed E-state index contributed by atoms with van der Waals surface area (Å²) in [5.41, 5.74) is 6.58. The SMILES string of the molecule is Cc1cc(C=NNC(=O)c2ccccc2)c(C)n1CC(C)C. The fourth-order valence-electron chi connectivity index (χ4n) is 2.42. The van der Waals surface area contributed by atoms with Crippen LogP contribution in [0.3, 0.4) is 0 Å². The van der Waals surface area contributed by atoms with Gasteiger partial charge >= 0.3 is 0 Å². The van der Waals surface area contributed by atoms with E-state index in [0.717, 1.165) is 12.1 Å². The van der Waals surface area contributed by atoms with Crippen LogP contribution >= 0.6 is 0 Å². The molecule has 0 bridgehead atoms. The van der Waals surface area contributed by atoms with Crippen LogP contribution in [0.25, 0.3) is 0 Å². The molecule has 1 aromatic heterocycles. The Balaban J connectivity index is 2.06. The maximum atomic E-state index is 11.9. The number of nitrogens with one attached hydrogen (secondary N) is 1. The molecule has 2 rings (SSSR count). The Bertz CT molecular complexity index is 669. The number of hydrazone groups is 1. The maximum Gasteiger partial charge on any atom is 0.271 e. The minimum Gasteiger partial charge on any atom is -0.348 e. The highest BCUT2D eigenvalue weighted by Crippen LogP contribution is 2.15. The van der Waals surface area contributed by atoms with Crippen LogP contribution in [0.4, 0.5) is 0 Å². The Kier molecular flexibility index (Phi) is 5.15. The summed E-state index contributed by atoms with van der Waals surface area (Å²) in [5.74, 6) is 0.389. The lowest BCUT2D eigenvalue weighted by molar-refractivity contribution is 0.0955. The topological polar surface area (TPSA) is 46.4 Å². The number of hydrogen-bond donors (Lipinski definition) is 1. The zero-order chi connectivity index (χ0) is 16.1. The second-order valence-corrected chi connectivity index (χ2v) is 5.90. The summed E-state index contributed by atoms with van der Waals surface area (Å²) >= 11 is 0. The number of nitrogens with zero attached hydrogens (tertiary/aromatic N) is 2. The van der Waals surface area contributed by atoms with Crippen molar-refractivity contribution in [3.05, 3.63) is 58.9 Å². The van der Waals surface area contributed by atoms with Crippen LogP contribution in [0.15, 0.2) is 41.5 Å². The molecular weight excluding hydrogens is 274 g/mol. The van der Waals surface area contributed by atoms with E-state index in [0.29, 0.717) is 11.5 Å². The number of rotatable bonds is 5. The first-order valence-corrected chi connectivity index (χ1v) is 7.54. The largest absolute Gasteiger partial charge is 0.348 e. The Hall–Kier alpha value is -2.36.